The molecule has 2 aromatic rings. The minimum atomic E-state index is -3.00. The molecule has 1 amide bonds. The molecule has 3 heterocycles. The van der Waals surface area contributed by atoms with E-state index in [1.165, 1.54) is 11.3 Å². The summed E-state index contributed by atoms with van der Waals surface area (Å²) in [6, 6.07) is -0.155. The van der Waals surface area contributed by atoms with Gasteiger partial charge in [-0.05, 0) is 46.0 Å². The molecule has 0 radical (unpaired) electrons. The van der Waals surface area contributed by atoms with Crippen molar-refractivity contribution in [3.63, 3.8) is 0 Å². The molecule has 0 aromatic carbocycles. The lowest BCUT2D eigenvalue weighted by Gasteiger charge is -2.17. The Morgan fingerprint density at radius 2 is 2.04 bits per heavy atom. The highest BCUT2D eigenvalue weighted by molar-refractivity contribution is 7.91. The Hall–Kier alpha value is -1.74. The van der Waals surface area contributed by atoms with E-state index in [-0.39, 0.29) is 23.5 Å². The van der Waals surface area contributed by atoms with Crippen LogP contribution in [0.3, 0.4) is 0 Å². The number of carbonyl (C=O) groups excluding carboxylic acids is 1. The average molecular weight is 395 g/mol. The highest BCUT2D eigenvalue weighted by atomic mass is 32.2. The van der Waals surface area contributed by atoms with Gasteiger partial charge in [-0.3, -0.25) is 14.8 Å². The molecule has 0 saturated carbocycles. The second-order valence-electron chi connectivity index (χ2n) is 7.10. The van der Waals surface area contributed by atoms with Crippen molar-refractivity contribution in [3.8, 4) is 0 Å². The maximum atomic E-state index is 12.8. The highest BCUT2D eigenvalue weighted by Gasteiger charge is 2.34. The molecular weight excluding hydrogens is 372 g/mol. The molecule has 0 spiro atoms. The van der Waals surface area contributed by atoms with Crippen molar-refractivity contribution in [1.82, 2.24) is 14.8 Å². The molecule has 1 aliphatic carbocycles. The fraction of sp³-hybridized carbons (Fsp3) is 0.588. The minimum Gasteiger partial charge on any atom is -0.296 e. The van der Waals surface area contributed by atoms with Crippen LogP contribution in [0, 0.1) is 13.8 Å². The van der Waals surface area contributed by atoms with E-state index in [0.717, 1.165) is 47.5 Å². The molecule has 2 aliphatic rings. The molecule has 1 atom stereocenters. The van der Waals surface area contributed by atoms with Crippen molar-refractivity contribution < 1.29 is 13.2 Å². The molecule has 140 valence electrons. The maximum Gasteiger partial charge on any atom is 0.278 e. The Labute approximate surface area is 156 Å². The third-order valence-electron chi connectivity index (χ3n) is 5.23. The lowest BCUT2D eigenvalue weighted by Crippen LogP contribution is -2.17. The zero-order valence-corrected chi connectivity index (χ0v) is 16.5. The van der Waals surface area contributed by atoms with Gasteiger partial charge in [-0.1, -0.05) is 0 Å². The molecule has 1 aliphatic heterocycles. The standard InChI is InChI=1S/C17H22N4O3S2/c1-10-11(2)25-17(18-10)19-16(22)15-13-5-3-4-6-14(13)21(20-15)12-7-8-26(23,24)9-12/h12H,3-9H2,1-2H3,(H,18,19,22)/t12-/m0/s1. The first-order valence-corrected chi connectivity index (χ1v) is 11.5. The predicted octanol–water partition coefficient (Wildman–Crippen LogP) is 2.45. The number of nitrogens with one attached hydrogen (secondary N) is 1. The van der Waals surface area contributed by atoms with Crippen LogP contribution in [0.2, 0.25) is 0 Å². The summed E-state index contributed by atoms with van der Waals surface area (Å²) in [6.45, 7) is 3.89. The fourth-order valence-corrected chi connectivity index (χ4v) is 6.26. The number of anilines is 1. The maximum absolute atomic E-state index is 12.8. The number of hydrogen-bond acceptors (Lipinski definition) is 6. The molecule has 0 bridgehead atoms. The summed E-state index contributed by atoms with van der Waals surface area (Å²) in [5.41, 5.74) is 3.35. The Balaban J connectivity index is 1.66. The zero-order valence-electron chi connectivity index (χ0n) is 14.9. The van der Waals surface area contributed by atoms with Gasteiger partial charge in [0.1, 0.15) is 0 Å². The van der Waals surface area contributed by atoms with Crippen molar-refractivity contribution in [2.75, 3.05) is 16.8 Å². The van der Waals surface area contributed by atoms with Crippen molar-refractivity contribution in [2.24, 2.45) is 0 Å². The number of carbonyl (C=O) groups is 1. The van der Waals surface area contributed by atoms with E-state index in [1.807, 2.05) is 18.5 Å². The average Bonchev–Trinajstić information content (AvgIpc) is 3.23. The van der Waals surface area contributed by atoms with Crippen LogP contribution in [0.25, 0.3) is 0 Å². The smallest absolute Gasteiger partial charge is 0.278 e. The fourth-order valence-electron chi connectivity index (χ4n) is 3.76. The summed E-state index contributed by atoms with van der Waals surface area (Å²) in [6.07, 6.45) is 4.30. The summed E-state index contributed by atoms with van der Waals surface area (Å²) in [7, 11) is -3.00. The lowest BCUT2D eigenvalue weighted by atomic mass is 9.95. The molecule has 1 fully saturated rings. The van der Waals surface area contributed by atoms with Crippen LogP contribution in [-0.2, 0) is 22.7 Å². The van der Waals surface area contributed by atoms with Crippen LogP contribution in [0.4, 0.5) is 5.13 Å². The van der Waals surface area contributed by atoms with Crippen LogP contribution in [0.5, 0.6) is 0 Å². The summed E-state index contributed by atoms with van der Waals surface area (Å²) in [5.74, 6) is 0.0648. The van der Waals surface area contributed by atoms with Crippen molar-refractivity contribution >= 4 is 32.2 Å². The largest absolute Gasteiger partial charge is 0.296 e. The minimum absolute atomic E-state index is 0.118. The van der Waals surface area contributed by atoms with Gasteiger partial charge in [0.25, 0.3) is 5.91 Å². The quantitative estimate of drug-likeness (QED) is 0.863. The molecule has 2 aromatic heterocycles. The van der Waals surface area contributed by atoms with E-state index in [1.54, 1.807) is 0 Å². The molecule has 9 heteroatoms. The third-order valence-corrected chi connectivity index (χ3v) is 7.97. The number of aromatic nitrogens is 3. The van der Waals surface area contributed by atoms with E-state index in [2.05, 4.69) is 15.4 Å². The number of hydrogen-bond donors (Lipinski definition) is 1. The van der Waals surface area contributed by atoms with Crippen LogP contribution >= 0.6 is 11.3 Å². The van der Waals surface area contributed by atoms with E-state index in [9.17, 15) is 13.2 Å². The Bertz CT molecular complexity index is 955. The number of thiazole rings is 1. The van der Waals surface area contributed by atoms with Crippen molar-refractivity contribution in [3.05, 3.63) is 27.5 Å². The Morgan fingerprint density at radius 3 is 2.69 bits per heavy atom. The van der Waals surface area contributed by atoms with Crippen LogP contribution < -0.4 is 5.32 Å². The van der Waals surface area contributed by atoms with Gasteiger partial charge in [0, 0.05) is 16.1 Å². The third kappa shape index (κ3) is 3.18. The number of fused-ring (bicyclic) bond motifs is 1. The number of nitrogens with zero attached hydrogens (tertiary/aromatic N) is 3. The second kappa shape index (κ2) is 6.45. The van der Waals surface area contributed by atoms with Gasteiger partial charge in [-0.25, -0.2) is 13.4 Å². The molecule has 1 saturated heterocycles. The number of aryl methyl sites for hydroxylation is 2. The lowest BCUT2D eigenvalue weighted by molar-refractivity contribution is 0.102. The second-order valence-corrected chi connectivity index (χ2v) is 10.5. The van der Waals surface area contributed by atoms with Gasteiger partial charge < -0.3 is 0 Å². The molecular formula is C17H22N4O3S2. The summed E-state index contributed by atoms with van der Waals surface area (Å²) >= 11 is 1.45. The normalized spacial score (nSPS) is 21.5. The number of sulfone groups is 1. The molecule has 1 N–H and O–H groups in total. The van der Waals surface area contributed by atoms with Crippen LogP contribution in [0.15, 0.2) is 0 Å². The first-order chi connectivity index (χ1) is 12.3. The van der Waals surface area contributed by atoms with Gasteiger partial charge in [0.2, 0.25) is 0 Å². The molecule has 7 nitrogen and oxygen atoms in total. The molecule has 26 heavy (non-hydrogen) atoms. The molecule has 0 unspecified atom stereocenters. The van der Waals surface area contributed by atoms with Gasteiger partial charge in [-0.15, -0.1) is 11.3 Å². The van der Waals surface area contributed by atoms with Gasteiger partial charge in [0.15, 0.2) is 20.7 Å². The van der Waals surface area contributed by atoms with Crippen molar-refractivity contribution in [1.29, 1.82) is 0 Å². The van der Waals surface area contributed by atoms with E-state index in [4.69, 9.17) is 0 Å². The highest BCUT2D eigenvalue weighted by Crippen LogP contribution is 2.32. The van der Waals surface area contributed by atoms with Crippen LogP contribution in [-0.4, -0.2) is 40.6 Å². The van der Waals surface area contributed by atoms with E-state index < -0.39 is 9.84 Å². The SMILES string of the molecule is Cc1nc(NC(=O)c2nn([C@H]3CCS(=O)(=O)C3)c3c2CCCC3)sc1C. The topological polar surface area (TPSA) is 93.9 Å². The summed E-state index contributed by atoms with van der Waals surface area (Å²) in [4.78, 5) is 18.3. The number of amides is 1. The van der Waals surface area contributed by atoms with E-state index >= 15 is 0 Å². The Morgan fingerprint density at radius 1 is 1.27 bits per heavy atom. The number of rotatable bonds is 3. The van der Waals surface area contributed by atoms with E-state index in [0.29, 0.717) is 17.2 Å². The monoisotopic (exact) mass is 394 g/mol. The summed E-state index contributed by atoms with van der Waals surface area (Å²) in [5, 5.41) is 8.02. The predicted molar refractivity (Wildman–Crippen MR) is 101 cm³/mol. The van der Waals surface area contributed by atoms with Crippen LogP contribution in [0.1, 0.15) is 57.6 Å². The van der Waals surface area contributed by atoms with Crippen molar-refractivity contribution in [2.45, 2.75) is 52.0 Å². The first kappa shape index (κ1) is 17.7. The molecule has 4 rings (SSSR count). The zero-order chi connectivity index (χ0) is 18.5. The first-order valence-electron chi connectivity index (χ1n) is 8.90. The Kier molecular flexibility index (Phi) is 4.38. The van der Waals surface area contributed by atoms with Gasteiger partial charge >= 0.3 is 0 Å². The van der Waals surface area contributed by atoms with Gasteiger partial charge in [0.05, 0.1) is 23.2 Å². The summed E-state index contributed by atoms with van der Waals surface area (Å²) < 4.78 is 25.6. The van der Waals surface area contributed by atoms with Gasteiger partial charge in [-0.2, -0.15) is 5.10 Å².